The van der Waals surface area contributed by atoms with Crippen LogP contribution in [0.2, 0.25) is 0 Å². The molecule has 30 heavy (non-hydrogen) atoms. The van der Waals surface area contributed by atoms with Gasteiger partial charge in [-0.05, 0) is 5.56 Å². The molecule has 0 radical (unpaired) electrons. The summed E-state index contributed by atoms with van der Waals surface area (Å²) in [6.07, 6.45) is 0. The van der Waals surface area contributed by atoms with Crippen LogP contribution in [0.15, 0.2) is 45.3 Å². The van der Waals surface area contributed by atoms with Crippen LogP contribution in [0.5, 0.6) is 0 Å². The second kappa shape index (κ2) is 9.73. The summed E-state index contributed by atoms with van der Waals surface area (Å²) < 4.78 is 6.41. The Hall–Kier alpha value is -2.91. The highest BCUT2D eigenvalue weighted by atomic mass is 32.1. The maximum absolute atomic E-state index is 12.8. The number of nitrogens with one attached hydrogen (secondary N) is 1. The van der Waals surface area contributed by atoms with E-state index in [1.165, 1.54) is 4.57 Å². The number of nitrogen functional groups attached to an aromatic ring is 1. The van der Waals surface area contributed by atoms with E-state index >= 15 is 0 Å². The van der Waals surface area contributed by atoms with Gasteiger partial charge in [-0.15, -0.1) is 11.3 Å². The first-order valence-electron chi connectivity index (χ1n) is 9.75. The number of ether oxygens (including phenoxy) is 1. The molecule has 0 aliphatic rings. The second-order valence-corrected chi connectivity index (χ2v) is 8.20. The van der Waals surface area contributed by atoms with Crippen LogP contribution in [0.25, 0.3) is 0 Å². The van der Waals surface area contributed by atoms with Gasteiger partial charge >= 0.3 is 5.69 Å². The lowest BCUT2D eigenvalue weighted by Gasteiger charge is -2.25. The van der Waals surface area contributed by atoms with Gasteiger partial charge in [0.15, 0.2) is 0 Å². The lowest BCUT2D eigenvalue weighted by Crippen LogP contribution is -2.38. The summed E-state index contributed by atoms with van der Waals surface area (Å²) in [6, 6.07) is 9.80. The van der Waals surface area contributed by atoms with Crippen molar-refractivity contribution in [2.24, 2.45) is 0 Å². The zero-order chi connectivity index (χ0) is 21.7. The minimum atomic E-state index is -0.547. The Morgan fingerprint density at radius 3 is 2.60 bits per heavy atom. The minimum absolute atomic E-state index is 0.121. The molecule has 3 rings (SSSR count). The van der Waals surface area contributed by atoms with E-state index in [1.54, 1.807) is 18.4 Å². The molecule has 0 saturated carbocycles. The maximum atomic E-state index is 12.8. The van der Waals surface area contributed by atoms with Crippen LogP contribution < -0.4 is 21.9 Å². The quantitative estimate of drug-likeness (QED) is 0.541. The third kappa shape index (κ3) is 4.98. The summed E-state index contributed by atoms with van der Waals surface area (Å²) in [4.78, 5) is 34.0. The molecule has 0 spiro atoms. The van der Waals surface area contributed by atoms with Gasteiger partial charge in [0.05, 0.1) is 30.4 Å². The summed E-state index contributed by atoms with van der Waals surface area (Å²) in [7, 11) is 1.55. The van der Waals surface area contributed by atoms with Crippen molar-refractivity contribution in [2.75, 3.05) is 24.4 Å². The van der Waals surface area contributed by atoms with Crippen LogP contribution in [-0.4, -0.2) is 28.3 Å². The molecule has 0 aliphatic heterocycles. The highest BCUT2D eigenvalue weighted by Crippen LogP contribution is 2.24. The number of nitrogens with two attached hydrogens (primary N) is 1. The van der Waals surface area contributed by atoms with E-state index in [0.717, 1.165) is 16.3 Å². The lowest BCUT2D eigenvalue weighted by atomic mass is 10.2. The predicted octanol–water partition coefficient (Wildman–Crippen LogP) is 2.55. The SMILES string of the molecule is COCCn1c(N)c(N(Cc2ccccc2)Cc2csc(C(C)C)n2)c(=O)[nH]c1=O. The number of anilines is 2. The Morgan fingerprint density at radius 1 is 1.23 bits per heavy atom. The van der Waals surface area contributed by atoms with E-state index in [2.05, 4.69) is 18.8 Å². The van der Waals surface area contributed by atoms with Gasteiger partial charge in [-0.3, -0.25) is 14.3 Å². The van der Waals surface area contributed by atoms with E-state index in [-0.39, 0.29) is 18.1 Å². The lowest BCUT2D eigenvalue weighted by molar-refractivity contribution is 0.186. The van der Waals surface area contributed by atoms with Gasteiger partial charge in [0.1, 0.15) is 11.5 Å². The normalized spacial score (nSPS) is 11.2. The van der Waals surface area contributed by atoms with E-state index in [9.17, 15) is 9.59 Å². The van der Waals surface area contributed by atoms with Crippen molar-refractivity contribution in [2.45, 2.75) is 39.4 Å². The van der Waals surface area contributed by atoms with Crippen LogP contribution in [0.4, 0.5) is 11.5 Å². The summed E-state index contributed by atoms with van der Waals surface area (Å²) >= 11 is 1.60. The average Bonchev–Trinajstić information content (AvgIpc) is 3.17. The molecular weight excluding hydrogens is 402 g/mol. The molecule has 160 valence electrons. The molecule has 1 aromatic carbocycles. The standard InChI is InChI=1S/C21H27N5O3S/c1-14(2)20-23-16(13-30-20)12-25(11-15-7-5-4-6-8-15)17-18(22)26(9-10-29-3)21(28)24-19(17)27/h4-8,13-14H,9-12,22H2,1-3H3,(H,24,27,28). The Kier molecular flexibility index (Phi) is 7.07. The Morgan fingerprint density at radius 2 is 1.97 bits per heavy atom. The highest BCUT2D eigenvalue weighted by molar-refractivity contribution is 7.09. The first-order valence-corrected chi connectivity index (χ1v) is 10.6. The summed E-state index contributed by atoms with van der Waals surface area (Å²) in [5, 5.41) is 3.04. The second-order valence-electron chi connectivity index (χ2n) is 7.31. The zero-order valence-corrected chi connectivity index (χ0v) is 18.2. The topological polar surface area (TPSA) is 106 Å². The summed E-state index contributed by atoms with van der Waals surface area (Å²) in [5.41, 5.74) is 7.39. The van der Waals surface area contributed by atoms with Crippen molar-refractivity contribution >= 4 is 22.8 Å². The number of thiazole rings is 1. The molecule has 9 heteroatoms. The van der Waals surface area contributed by atoms with Gasteiger partial charge in [0.25, 0.3) is 5.56 Å². The largest absolute Gasteiger partial charge is 0.383 e. The minimum Gasteiger partial charge on any atom is -0.383 e. The molecule has 2 heterocycles. The fourth-order valence-corrected chi connectivity index (χ4v) is 3.99. The van der Waals surface area contributed by atoms with Crippen molar-refractivity contribution in [3.8, 4) is 0 Å². The number of aromatic nitrogens is 3. The van der Waals surface area contributed by atoms with E-state index in [1.807, 2.05) is 40.6 Å². The number of rotatable bonds is 9. The molecule has 3 aromatic rings. The Labute approximate surface area is 179 Å². The molecule has 0 aliphatic carbocycles. The van der Waals surface area contributed by atoms with Gasteiger partial charge < -0.3 is 15.4 Å². The molecule has 2 aromatic heterocycles. The number of benzene rings is 1. The number of hydrogen-bond acceptors (Lipinski definition) is 7. The smallest absolute Gasteiger partial charge is 0.330 e. The first kappa shape index (κ1) is 21.8. The van der Waals surface area contributed by atoms with Crippen molar-refractivity contribution < 1.29 is 4.74 Å². The monoisotopic (exact) mass is 429 g/mol. The molecule has 0 unspecified atom stereocenters. The van der Waals surface area contributed by atoms with Crippen LogP contribution in [0, 0.1) is 0 Å². The average molecular weight is 430 g/mol. The summed E-state index contributed by atoms with van der Waals surface area (Å²) in [6.45, 7) is 5.59. The molecule has 0 atom stereocenters. The molecule has 0 amide bonds. The fraction of sp³-hybridized carbons (Fsp3) is 0.381. The van der Waals surface area contributed by atoms with Crippen molar-refractivity contribution in [1.82, 2.24) is 14.5 Å². The number of methoxy groups -OCH3 is 1. The maximum Gasteiger partial charge on any atom is 0.330 e. The van der Waals surface area contributed by atoms with E-state index in [4.69, 9.17) is 15.5 Å². The van der Waals surface area contributed by atoms with Crippen LogP contribution in [-0.2, 0) is 24.4 Å². The van der Waals surface area contributed by atoms with Gasteiger partial charge in [-0.1, -0.05) is 44.2 Å². The van der Waals surface area contributed by atoms with Crippen molar-refractivity contribution in [3.63, 3.8) is 0 Å². The Balaban J connectivity index is 2.04. The van der Waals surface area contributed by atoms with Gasteiger partial charge in [0, 0.05) is 25.0 Å². The third-order valence-corrected chi connectivity index (χ3v) is 5.88. The Bertz CT molecular complexity index is 1090. The molecule has 0 saturated heterocycles. The van der Waals surface area contributed by atoms with Crippen molar-refractivity contribution in [3.05, 3.63) is 72.8 Å². The zero-order valence-electron chi connectivity index (χ0n) is 17.4. The number of aromatic amines is 1. The van der Waals surface area contributed by atoms with Gasteiger partial charge in [0.2, 0.25) is 0 Å². The first-order chi connectivity index (χ1) is 14.4. The van der Waals surface area contributed by atoms with Crippen LogP contribution >= 0.6 is 11.3 Å². The summed E-state index contributed by atoms with van der Waals surface area (Å²) in [5.74, 6) is 0.451. The molecular formula is C21H27N5O3S. The van der Waals surface area contributed by atoms with Crippen molar-refractivity contribution in [1.29, 1.82) is 0 Å². The van der Waals surface area contributed by atoms with Gasteiger partial charge in [-0.25, -0.2) is 9.78 Å². The number of H-pyrrole nitrogens is 1. The third-order valence-electron chi connectivity index (χ3n) is 4.68. The van der Waals surface area contributed by atoms with Crippen LogP contribution in [0.1, 0.15) is 36.0 Å². The number of hydrogen-bond donors (Lipinski definition) is 2. The molecule has 0 bridgehead atoms. The van der Waals surface area contributed by atoms with E-state index in [0.29, 0.717) is 25.6 Å². The molecule has 0 fully saturated rings. The van der Waals surface area contributed by atoms with Gasteiger partial charge in [-0.2, -0.15) is 0 Å². The van der Waals surface area contributed by atoms with Crippen LogP contribution in [0.3, 0.4) is 0 Å². The molecule has 3 N–H and O–H groups in total. The van der Waals surface area contributed by atoms with E-state index < -0.39 is 11.2 Å². The fourth-order valence-electron chi connectivity index (χ4n) is 3.16. The predicted molar refractivity (Wildman–Crippen MR) is 120 cm³/mol. The highest BCUT2D eigenvalue weighted by Gasteiger charge is 2.21. The number of nitrogens with zero attached hydrogens (tertiary/aromatic N) is 3. The molecule has 8 nitrogen and oxygen atoms in total.